The molecule has 110 valence electrons. The fraction of sp³-hybridized carbons (Fsp3) is 0.833. The van der Waals surface area contributed by atoms with Gasteiger partial charge in [-0.05, 0) is 12.8 Å². The van der Waals surface area contributed by atoms with Gasteiger partial charge in [0, 0.05) is 0 Å². The molecule has 0 N–H and O–H groups in total. The smallest absolute Gasteiger partial charge is 0.308 e. The number of carbonyl (C=O) groups is 2. The molecule has 0 aliphatic carbocycles. The fourth-order valence-corrected chi connectivity index (χ4v) is 0.736. The first-order valence-corrected chi connectivity index (χ1v) is 7.40. The Bertz CT molecular complexity index is 188. The summed E-state index contributed by atoms with van der Waals surface area (Å²) in [6.45, 7) is 7.63. The number of esters is 2. The number of hydrogen-bond acceptors (Lipinski definition) is 6. The van der Waals surface area contributed by atoms with Gasteiger partial charge in [-0.15, -0.1) is 23.3 Å². The van der Waals surface area contributed by atoms with Gasteiger partial charge in [0.25, 0.3) is 0 Å². The van der Waals surface area contributed by atoms with Crippen LogP contribution in [0.25, 0.3) is 0 Å². The third-order valence-corrected chi connectivity index (χ3v) is 2.43. The minimum Gasteiger partial charge on any atom is -0.469 e. The summed E-state index contributed by atoms with van der Waals surface area (Å²) in [6, 6.07) is 0. The SMILES string of the molecule is CCC(C)C(=O)OC.CCC(C)C(=O)OC.SS. The highest BCUT2D eigenvalue weighted by Gasteiger charge is 2.08. The summed E-state index contributed by atoms with van der Waals surface area (Å²) in [5.74, 6) is -0.125. The Morgan fingerprint density at radius 2 is 1.11 bits per heavy atom. The molecule has 6 heteroatoms. The van der Waals surface area contributed by atoms with Gasteiger partial charge >= 0.3 is 11.9 Å². The maximum atomic E-state index is 10.5. The van der Waals surface area contributed by atoms with Crippen LogP contribution in [0.2, 0.25) is 0 Å². The van der Waals surface area contributed by atoms with Crippen molar-refractivity contribution in [2.75, 3.05) is 14.2 Å². The molecule has 0 saturated carbocycles. The van der Waals surface area contributed by atoms with Crippen molar-refractivity contribution >= 4 is 35.3 Å². The van der Waals surface area contributed by atoms with Crippen molar-refractivity contribution in [3.63, 3.8) is 0 Å². The topological polar surface area (TPSA) is 52.6 Å². The first-order valence-electron chi connectivity index (χ1n) is 5.80. The summed E-state index contributed by atoms with van der Waals surface area (Å²) in [5.41, 5.74) is 0. The zero-order chi connectivity index (χ0) is 15.1. The lowest BCUT2D eigenvalue weighted by Crippen LogP contribution is -2.10. The van der Waals surface area contributed by atoms with Crippen LogP contribution >= 0.6 is 23.3 Å². The molecule has 0 heterocycles. The Labute approximate surface area is 121 Å². The number of methoxy groups -OCH3 is 2. The van der Waals surface area contributed by atoms with Crippen LogP contribution in [-0.2, 0) is 19.1 Å². The summed E-state index contributed by atoms with van der Waals surface area (Å²) >= 11 is 6.44. The van der Waals surface area contributed by atoms with Crippen LogP contribution in [0.1, 0.15) is 40.5 Å². The normalized spacial score (nSPS) is 11.8. The van der Waals surface area contributed by atoms with Crippen molar-refractivity contribution in [3.8, 4) is 0 Å². The molecule has 0 rings (SSSR count). The van der Waals surface area contributed by atoms with Crippen molar-refractivity contribution < 1.29 is 19.1 Å². The molecular formula is C12H26O4S2. The minimum atomic E-state index is -0.118. The molecule has 0 amide bonds. The van der Waals surface area contributed by atoms with Crippen molar-refractivity contribution in [1.82, 2.24) is 0 Å². The van der Waals surface area contributed by atoms with Gasteiger partial charge in [0.2, 0.25) is 0 Å². The molecule has 2 unspecified atom stereocenters. The first-order chi connectivity index (χ1) is 8.44. The molecular weight excluding hydrogens is 272 g/mol. The van der Waals surface area contributed by atoms with E-state index in [1.807, 2.05) is 27.7 Å². The van der Waals surface area contributed by atoms with E-state index in [0.717, 1.165) is 12.8 Å². The van der Waals surface area contributed by atoms with E-state index in [1.54, 1.807) is 0 Å². The van der Waals surface area contributed by atoms with Crippen LogP contribution in [0, 0.1) is 11.8 Å². The third kappa shape index (κ3) is 13.7. The summed E-state index contributed by atoms with van der Waals surface area (Å²) in [7, 11) is 2.82. The van der Waals surface area contributed by atoms with Gasteiger partial charge in [0.1, 0.15) is 0 Å². The Hall–Kier alpha value is -0.360. The first kappa shape index (κ1) is 22.8. The molecule has 18 heavy (non-hydrogen) atoms. The number of rotatable bonds is 4. The monoisotopic (exact) mass is 298 g/mol. The molecule has 0 aromatic heterocycles. The largest absolute Gasteiger partial charge is 0.469 e. The average Bonchev–Trinajstić information content (AvgIpc) is 2.46. The van der Waals surface area contributed by atoms with Gasteiger partial charge in [-0.3, -0.25) is 9.59 Å². The van der Waals surface area contributed by atoms with E-state index in [0.29, 0.717) is 0 Å². The highest BCUT2D eigenvalue weighted by atomic mass is 33.1. The molecule has 0 saturated heterocycles. The fourth-order valence-electron chi connectivity index (χ4n) is 0.736. The van der Waals surface area contributed by atoms with Crippen molar-refractivity contribution in [3.05, 3.63) is 0 Å². The van der Waals surface area contributed by atoms with E-state index in [4.69, 9.17) is 0 Å². The quantitative estimate of drug-likeness (QED) is 0.475. The van der Waals surface area contributed by atoms with Crippen LogP contribution in [0.3, 0.4) is 0 Å². The second-order valence-corrected chi connectivity index (χ2v) is 3.66. The highest BCUT2D eigenvalue weighted by Crippen LogP contribution is 2.01. The maximum Gasteiger partial charge on any atom is 0.308 e. The van der Waals surface area contributed by atoms with E-state index < -0.39 is 0 Å². The van der Waals surface area contributed by atoms with Gasteiger partial charge in [-0.1, -0.05) is 27.7 Å². The maximum absolute atomic E-state index is 10.5. The van der Waals surface area contributed by atoms with Gasteiger partial charge < -0.3 is 9.47 Å². The van der Waals surface area contributed by atoms with E-state index in [2.05, 4.69) is 32.8 Å². The van der Waals surface area contributed by atoms with Gasteiger partial charge in [-0.2, -0.15) is 0 Å². The van der Waals surface area contributed by atoms with Gasteiger partial charge in [-0.25, -0.2) is 0 Å². The standard InChI is InChI=1S/2C6H12O2.H2S2/c2*1-4-5(2)6(7)8-3;1-2/h2*5H,4H2,1-3H3;1-2H. The van der Waals surface area contributed by atoms with Crippen LogP contribution in [0.5, 0.6) is 0 Å². The molecule has 0 radical (unpaired) electrons. The Morgan fingerprint density at radius 3 is 1.17 bits per heavy atom. The second-order valence-electron chi connectivity index (χ2n) is 3.66. The summed E-state index contributed by atoms with van der Waals surface area (Å²) in [6.07, 6.45) is 1.71. The van der Waals surface area contributed by atoms with E-state index in [1.165, 1.54) is 14.2 Å². The second kappa shape index (κ2) is 16.6. The third-order valence-electron chi connectivity index (χ3n) is 2.43. The Kier molecular flexibility index (Phi) is 21.1. The van der Waals surface area contributed by atoms with Gasteiger partial charge in [0.15, 0.2) is 0 Å². The lowest BCUT2D eigenvalue weighted by molar-refractivity contribution is -0.145. The molecule has 2 atom stereocenters. The van der Waals surface area contributed by atoms with E-state index in [-0.39, 0.29) is 23.8 Å². The van der Waals surface area contributed by atoms with Crippen molar-refractivity contribution in [2.45, 2.75) is 40.5 Å². The zero-order valence-electron chi connectivity index (χ0n) is 12.1. The van der Waals surface area contributed by atoms with Gasteiger partial charge in [0.05, 0.1) is 26.1 Å². The summed E-state index contributed by atoms with van der Waals surface area (Å²) in [5, 5.41) is 0. The highest BCUT2D eigenvalue weighted by molar-refractivity contribution is 8.59. The molecule has 0 spiro atoms. The van der Waals surface area contributed by atoms with Crippen LogP contribution in [0.15, 0.2) is 0 Å². The minimum absolute atomic E-state index is 0.0556. The summed E-state index contributed by atoms with van der Waals surface area (Å²) in [4.78, 5) is 21.0. The number of carbonyl (C=O) groups excluding carboxylic acids is 2. The molecule has 0 aliphatic rings. The molecule has 0 aromatic carbocycles. The number of hydrogen-bond donors (Lipinski definition) is 2. The molecule has 0 aromatic rings. The number of ether oxygens (including phenoxy) is 2. The van der Waals surface area contributed by atoms with Crippen LogP contribution in [-0.4, -0.2) is 26.2 Å². The molecule has 0 bridgehead atoms. The summed E-state index contributed by atoms with van der Waals surface area (Å²) < 4.78 is 8.93. The zero-order valence-corrected chi connectivity index (χ0v) is 13.9. The van der Waals surface area contributed by atoms with Crippen molar-refractivity contribution in [2.24, 2.45) is 11.8 Å². The molecule has 0 aliphatic heterocycles. The van der Waals surface area contributed by atoms with Crippen molar-refractivity contribution in [1.29, 1.82) is 0 Å². The van der Waals surface area contributed by atoms with Crippen LogP contribution < -0.4 is 0 Å². The lowest BCUT2D eigenvalue weighted by Gasteiger charge is -2.02. The molecule has 0 fully saturated rings. The Balaban J connectivity index is -0.000000219. The predicted molar refractivity (Wildman–Crippen MR) is 80.9 cm³/mol. The Morgan fingerprint density at radius 1 is 0.889 bits per heavy atom. The molecule has 4 nitrogen and oxygen atoms in total. The van der Waals surface area contributed by atoms with E-state index in [9.17, 15) is 9.59 Å². The van der Waals surface area contributed by atoms with E-state index >= 15 is 0 Å². The number of thiol groups is 2. The lowest BCUT2D eigenvalue weighted by atomic mass is 10.1. The van der Waals surface area contributed by atoms with Crippen LogP contribution in [0.4, 0.5) is 0 Å². The predicted octanol–water partition coefficient (Wildman–Crippen LogP) is 3.17. The average molecular weight is 298 g/mol.